The van der Waals surface area contributed by atoms with Gasteiger partial charge in [0, 0.05) is 37.4 Å². The maximum atomic E-state index is 13.8. The number of aromatic nitrogens is 1. The summed E-state index contributed by atoms with van der Waals surface area (Å²) in [7, 11) is 5.86. The van der Waals surface area contributed by atoms with Crippen LogP contribution in [0.5, 0.6) is 0 Å². The Balaban J connectivity index is 1.32. The molecule has 3 aliphatic rings. The van der Waals surface area contributed by atoms with Gasteiger partial charge in [-0.05, 0) is 76.2 Å². The van der Waals surface area contributed by atoms with Crippen LogP contribution in [0.25, 0.3) is 0 Å². The molecule has 208 valence electrons. The van der Waals surface area contributed by atoms with Crippen LogP contribution in [0.3, 0.4) is 0 Å². The van der Waals surface area contributed by atoms with Crippen molar-refractivity contribution in [1.82, 2.24) is 25.0 Å². The van der Waals surface area contributed by atoms with Crippen LogP contribution in [0.2, 0.25) is 0 Å². The molecule has 2 saturated carbocycles. The second-order valence-electron chi connectivity index (χ2n) is 11.6. The molecule has 2 N–H and O–H groups in total. The molecule has 0 bridgehead atoms. The lowest BCUT2D eigenvalue weighted by atomic mass is 9.68. The van der Waals surface area contributed by atoms with Crippen molar-refractivity contribution in [2.75, 3.05) is 46.1 Å². The number of carbonyl (C=O) groups is 3. The molecule has 3 fully saturated rings. The second kappa shape index (κ2) is 11.0. The van der Waals surface area contributed by atoms with Crippen LogP contribution in [0.1, 0.15) is 60.9 Å². The van der Waals surface area contributed by atoms with Crippen molar-refractivity contribution in [3.63, 3.8) is 0 Å². The number of nitrogens with one attached hydrogen (secondary N) is 2. The number of carbonyl (C=O) groups excluding carboxylic acids is 3. The largest absolute Gasteiger partial charge is 0.355 e. The van der Waals surface area contributed by atoms with Crippen LogP contribution in [-0.2, 0) is 10.3 Å². The van der Waals surface area contributed by atoms with Gasteiger partial charge < -0.3 is 20.4 Å². The van der Waals surface area contributed by atoms with Gasteiger partial charge in [-0.15, -0.1) is 0 Å². The summed E-state index contributed by atoms with van der Waals surface area (Å²) in [6.07, 6.45) is 8.74. The van der Waals surface area contributed by atoms with Crippen molar-refractivity contribution >= 4 is 23.7 Å². The lowest BCUT2D eigenvalue weighted by Gasteiger charge is -2.51. The van der Waals surface area contributed by atoms with Gasteiger partial charge in [0.15, 0.2) is 0 Å². The molecule has 1 aromatic heterocycles. The van der Waals surface area contributed by atoms with Gasteiger partial charge in [0.2, 0.25) is 5.91 Å². The molecule has 1 aromatic carbocycles. The maximum absolute atomic E-state index is 13.8. The topological polar surface area (TPSA) is 97.9 Å². The molecule has 0 unspecified atom stereocenters. The minimum Gasteiger partial charge on any atom is -0.355 e. The number of hydrogen-bond donors (Lipinski definition) is 2. The highest BCUT2D eigenvalue weighted by molar-refractivity contribution is 5.97. The van der Waals surface area contributed by atoms with E-state index in [1.54, 1.807) is 24.1 Å². The number of rotatable bonds is 8. The smallest absolute Gasteiger partial charge is 0.321 e. The Bertz CT molecular complexity index is 1200. The predicted octanol–water partition coefficient (Wildman–Crippen LogP) is 3.69. The summed E-state index contributed by atoms with van der Waals surface area (Å²) in [6.45, 7) is 1.29. The van der Waals surface area contributed by atoms with Crippen molar-refractivity contribution in [3.05, 3.63) is 59.8 Å². The summed E-state index contributed by atoms with van der Waals surface area (Å²) in [5.74, 6) is 0.280. The van der Waals surface area contributed by atoms with E-state index >= 15 is 0 Å². The lowest BCUT2D eigenvalue weighted by molar-refractivity contribution is -0.116. The quantitative estimate of drug-likeness (QED) is 0.541. The van der Waals surface area contributed by atoms with E-state index in [0.717, 1.165) is 32.2 Å². The molecule has 2 aromatic rings. The third-order valence-corrected chi connectivity index (χ3v) is 9.25. The summed E-state index contributed by atoms with van der Waals surface area (Å²) < 4.78 is 0. The van der Waals surface area contributed by atoms with E-state index in [2.05, 4.69) is 69.8 Å². The molecule has 39 heavy (non-hydrogen) atoms. The average molecular weight is 533 g/mol. The van der Waals surface area contributed by atoms with E-state index in [1.165, 1.54) is 31.0 Å². The summed E-state index contributed by atoms with van der Waals surface area (Å²) in [6, 6.07) is 13.8. The molecular formula is C30H40N6O3. The molecule has 1 spiro atoms. The number of benzene rings is 1. The maximum Gasteiger partial charge on any atom is 0.321 e. The first kappa shape index (κ1) is 27.1. The first-order valence-electron chi connectivity index (χ1n) is 14.0. The van der Waals surface area contributed by atoms with Gasteiger partial charge >= 0.3 is 6.03 Å². The van der Waals surface area contributed by atoms with Crippen molar-refractivity contribution in [2.24, 2.45) is 5.92 Å². The number of amides is 4. The van der Waals surface area contributed by atoms with Crippen LogP contribution >= 0.6 is 0 Å². The fourth-order valence-electron chi connectivity index (χ4n) is 6.65. The predicted molar refractivity (Wildman–Crippen MR) is 150 cm³/mol. The van der Waals surface area contributed by atoms with Gasteiger partial charge in [-0.25, -0.2) is 9.78 Å². The molecule has 2 aliphatic carbocycles. The highest BCUT2D eigenvalue weighted by atomic mass is 16.2. The zero-order valence-electron chi connectivity index (χ0n) is 23.3. The van der Waals surface area contributed by atoms with E-state index in [4.69, 9.17) is 0 Å². The van der Waals surface area contributed by atoms with E-state index in [-0.39, 0.29) is 35.5 Å². The Kier molecular flexibility index (Phi) is 7.62. The molecule has 1 aliphatic heterocycles. The van der Waals surface area contributed by atoms with E-state index in [1.807, 2.05) is 0 Å². The zero-order valence-corrected chi connectivity index (χ0v) is 23.3. The average Bonchev–Trinajstić information content (AvgIpc) is 3.16. The third-order valence-electron chi connectivity index (χ3n) is 9.25. The molecule has 9 nitrogen and oxygen atoms in total. The van der Waals surface area contributed by atoms with E-state index in [0.29, 0.717) is 23.8 Å². The summed E-state index contributed by atoms with van der Waals surface area (Å²) in [5.41, 5.74) is 1.40. The molecule has 0 atom stereocenters. The van der Waals surface area contributed by atoms with Crippen molar-refractivity contribution in [3.8, 4) is 0 Å². The molecule has 9 heteroatoms. The molecule has 5 rings (SSSR count). The number of anilines is 1. The van der Waals surface area contributed by atoms with Crippen LogP contribution in [0.15, 0.2) is 48.7 Å². The first-order valence-corrected chi connectivity index (χ1v) is 14.0. The van der Waals surface area contributed by atoms with Gasteiger partial charge in [0.1, 0.15) is 12.4 Å². The van der Waals surface area contributed by atoms with Crippen LogP contribution < -0.4 is 10.6 Å². The zero-order chi connectivity index (χ0) is 27.6. The molecule has 0 radical (unpaired) electrons. The number of nitrogens with zero attached hydrogens (tertiary/aromatic N) is 4. The summed E-state index contributed by atoms with van der Waals surface area (Å²) in [5, 5.41) is 5.35. The van der Waals surface area contributed by atoms with Gasteiger partial charge in [0.05, 0.1) is 5.54 Å². The van der Waals surface area contributed by atoms with Crippen LogP contribution in [0, 0.1) is 5.92 Å². The summed E-state index contributed by atoms with van der Waals surface area (Å²) in [4.78, 5) is 49.1. The number of pyridine rings is 1. The highest BCUT2D eigenvalue weighted by Crippen LogP contribution is 2.49. The van der Waals surface area contributed by atoms with Gasteiger partial charge in [-0.1, -0.05) is 36.8 Å². The normalized spacial score (nSPS) is 25.2. The van der Waals surface area contributed by atoms with Crippen molar-refractivity contribution in [1.29, 1.82) is 0 Å². The second-order valence-corrected chi connectivity index (χ2v) is 11.6. The van der Waals surface area contributed by atoms with Crippen molar-refractivity contribution < 1.29 is 14.4 Å². The van der Waals surface area contributed by atoms with Gasteiger partial charge in [0.25, 0.3) is 5.91 Å². The molecule has 4 amide bonds. The highest BCUT2D eigenvalue weighted by Gasteiger charge is 2.55. The molecule has 1 saturated heterocycles. The summed E-state index contributed by atoms with van der Waals surface area (Å²) >= 11 is 0. The number of hydrogen-bond acceptors (Lipinski definition) is 5. The third kappa shape index (κ3) is 5.24. The Morgan fingerprint density at radius 1 is 1.08 bits per heavy atom. The van der Waals surface area contributed by atoms with Gasteiger partial charge in [-0.3, -0.25) is 14.5 Å². The Morgan fingerprint density at radius 3 is 2.41 bits per heavy atom. The fourth-order valence-corrected chi connectivity index (χ4v) is 6.65. The fraction of sp³-hybridized carbons (Fsp3) is 0.533. The number of urea groups is 1. The lowest BCUT2D eigenvalue weighted by Crippen LogP contribution is -2.56. The van der Waals surface area contributed by atoms with E-state index < -0.39 is 0 Å². The first-order chi connectivity index (χ1) is 18.8. The Morgan fingerprint density at radius 2 is 1.79 bits per heavy atom. The van der Waals surface area contributed by atoms with Crippen LogP contribution in [-0.4, -0.2) is 83.8 Å². The van der Waals surface area contributed by atoms with Crippen LogP contribution in [0.4, 0.5) is 10.6 Å². The Hall–Kier alpha value is -3.46. The minimum absolute atomic E-state index is 0.0366. The van der Waals surface area contributed by atoms with Crippen molar-refractivity contribution in [2.45, 2.75) is 56.0 Å². The minimum atomic E-state index is -0.312. The molecular weight excluding hydrogens is 492 g/mol. The SMILES string of the molecule is CNC(=O)c1ccnc(NC(=O)CN2C[C@]3(CC[C@](c4ccccc4)(N(C)C)CC3)N(CC3CCC3)C2=O)c1. The van der Waals surface area contributed by atoms with Gasteiger partial charge in [-0.2, -0.15) is 0 Å². The Labute approximate surface area is 230 Å². The van der Waals surface area contributed by atoms with E-state index in [9.17, 15) is 14.4 Å². The monoisotopic (exact) mass is 532 g/mol. The standard InChI is InChI=1S/C30H40N6O3/c1-31-27(38)23-12-17-32-25(18-23)33-26(37)20-35-21-29(36(28(35)39)19-22-8-7-9-22)13-15-30(16-14-29,34(2)3)24-10-5-4-6-11-24/h4-6,10-12,17-18,22H,7-9,13-16,19-21H2,1-3H3,(H,31,38)(H,32,33,37)/t29-,30+. The molecule has 2 heterocycles.